The van der Waals surface area contributed by atoms with Gasteiger partial charge in [-0.15, -0.1) is 5.10 Å². The summed E-state index contributed by atoms with van der Waals surface area (Å²) < 4.78 is 5.35. The monoisotopic (exact) mass is 713 g/mol. The summed E-state index contributed by atoms with van der Waals surface area (Å²) in [6.07, 6.45) is 4.28. The number of anilines is 2. The van der Waals surface area contributed by atoms with E-state index in [0.29, 0.717) is 36.5 Å². The van der Waals surface area contributed by atoms with E-state index in [1.54, 1.807) is 24.3 Å². The van der Waals surface area contributed by atoms with Gasteiger partial charge in [-0.1, -0.05) is 24.3 Å². The van der Waals surface area contributed by atoms with E-state index in [9.17, 15) is 14.4 Å². The maximum Gasteiger partial charge on any atom is 0.407 e. The minimum atomic E-state index is -0.955. The molecule has 15 nitrogen and oxygen atoms in total. The Balaban J connectivity index is 0.00000195. The molecule has 5 N–H and O–H groups in total. The topological polar surface area (TPSA) is 210 Å². The molecule has 0 saturated heterocycles. The Bertz CT molecular complexity index is 1750. The zero-order valence-corrected chi connectivity index (χ0v) is 30.2. The maximum absolute atomic E-state index is 14.1. The van der Waals surface area contributed by atoms with Crippen LogP contribution in [0.5, 0.6) is 0 Å². The first kappa shape index (κ1) is 39.1. The lowest BCUT2D eigenvalue weighted by Crippen LogP contribution is -2.50. The van der Waals surface area contributed by atoms with Crippen LogP contribution in [0.3, 0.4) is 0 Å². The summed E-state index contributed by atoms with van der Waals surface area (Å²) in [5, 5.41) is 23.6. The van der Waals surface area contributed by atoms with Gasteiger partial charge < -0.3 is 25.8 Å². The molecule has 1 aliphatic rings. The molecule has 0 bridgehead atoms. The first-order valence-electron chi connectivity index (χ1n) is 17.0. The molecule has 1 aliphatic carbocycles. The summed E-state index contributed by atoms with van der Waals surface area (Å²) in [4.78, 5) is 56.3. The Hall–Kier alpha value is -5.70. The molecule has 4 aromatic rings. The molecule has 1 saturated carbocycles. The van der Waals surface area contributed by atoms with E-state index >= 15 is 0 Å². The summed E-state index contributed by atoms with van der Waals surface area (Å²) in [5.41, 5.74) is 9.97. The zero-order chi connectivity index (χ0) is 37.8. The van der Waals surface area contributed by atoms with Crippen LogP contribution in [0.25, 0.3) is 22.5 Å². The van der Waals surface area contributed by atoms with E-state index < -0.39 is 23.6 Å². The fraction of sp³-hybridized carbons (Fsp3) is 0.405. The van der Waals surface area contributed by atoms with Gasteiger partial charge in [0.1, 0.15) is 11.4 Å². The van der Waals surface area contributed by atoms with E-state index in [1.165, 1.54) is 4.90 Å². The number of hydrogen-bond donors (Lipinski definition) is 4. The number of hydrogen-bond acceptors (Lipinski definition) is 11. The van der Waals surface area contributed by atoms with E-state index in [2.05, 4.69) is 30.9 Å². The normalized spacial score (nSPS) is 16.0. The molecule has 0 aliphatic heterocycles. The van der Waals surface area contributed by atoms with Gasteiger partial charge in [-0.05, 0) is 117 Å². The van der Waals surface area contributed by atoms with Gasteiger partial charge >= 0.3 is 6.09 Å². The Morgan fingerprint density at radius 2 is 1.60 bits per heavy atom. The van der Waals surface area contributed by atoms with Crippen molar-refractivity contribution in [2.24, 2.45) is 17.6 Å². The van der Waals surface area contributed by atoms with Crippen molar-refractivity contribution >= 4 is 35.9 Å². The molecule has 3 amide bonds. The SMILES string of the molecule is CN(C)c1ccc(-c2ccc(C[C@H](N)C(=O)N(c3ccc(-c4nnn[nH]4)cc3)C(=O)[C@H]3CC[C@H](CNC(=O)OC(C)(C)C)CC3)cc2)cn1.O=CO. The number of carbonyl (C=O) groups excluding carboxylic acids is 3. The molecule has 1 fully saturated rings. The molecular weight excluding hydrogens is 666 g/mol. The number of nitrogens with zero attached hydrogens (tertiary/aromatic N) is 6. The second kappa shape index (κ2) is 18.0. The Kier molecular flexibility index (Phi) is 13.5. The standard InChI is InChI=1S/C36H45N9O4.CH2O2/c1-36(2,3)49-35(48)39-21-24-8-12-27(13-9-24)33(46)45(29-17-14-26(15-18-29)32-40-42-43-41-32)34(47)30(37)20-23-6-10-25(11-7-23)28-16-19-31(38-22-28)44(4)5;2-1-3/h6-7,10-11,14-19,22,24,27,30H,8-9,12-13,20-21,37H2,1-5H3,(H,39,48)(H,40,41,42,43);1H,(H,2,3)/t24-,27-,30-;/m0./s1. The number of aromatic amines is 1. The predicted molar refractivity (Wildman–Crippen MR) is 196 cm³/mol. The number of nitrogens with two attached hydrogens (primary N) is 1. The van der Waals surface area contributed by atoms with Crippen molar-refractivity contribution in [2.75, 3.05) is 30.4 Å². The number of aromatic nitrogens is 5. The van der Waals surface area contributed by atoms with Gasteiger partial charge in [0, 0.05) is 43.9 Å². The number of imide groups is 1. The first-order valence-corrected chi connectivity index (χ1v) is 17.0. The average molecular weight is 714 g/mol. The Morgan fingerprint density at radius 1 is 0.981 bits per heavy atom. The summed E-state index contributed by atoms with van der Waals surface area (Å²) in [6.45, 7) is 5.68. The van der Waals surface area contributed by atoms with E-state index in [4.69, 9.17) is 20.4 Å². The molecule has 15 heteroatoms. The van der Waals surface area contributed by atoms with Crippen molar-refractivity contribution in [3.8, 4) is 22.5 Å². The van der Waals surface area contributed by atoms with Gasteiger partial charge in [-0.3, -0.25) is 14.4 Å². The van der Waals surface area contributed by atoms with Crippen LogP contribution in [0.15, 0.2) is 66.9 Å². The van der Waals surface area contributed by atoms with Crippen LogP contribution in [-0.4, -0.2) is 87.4 Å². The number of carbonyl (C=O) groups is 4. The van der Waals surface area contributed by atoms with Crippen LogP contribution in [0.2, 0.25) is 0 Å². The molecule has 5 rings (SSSR count). The molecule has 276 valence electrons. The smallest absolute Gasteiger partial charge is 0.407 e. The second-order valence-electron chi connectivity index (χ2n) is 13.8. The highest BCUT2D eigenvalue weighted by Gasteiger charge is 2.35. The van der Waals surface area contributed by atoms with Crippen LogP contribution in [0.1, 0.15) is 52.0 Å². The predicted octanol–water partition coefficient (Wildman–Crippen LogP) is 4.46. The van der Waals surface area contributed by atoms with Crippen LogP contribution < -0.4 is 20.9 Å². The summed E-state index contributed by atoms with van der Waals surface area (Å²) in [7, 11) is 3.89. The first-order chi connectivity index (χ1) is 24.8. The second-order valence-corrected chi connectivity index (χ2v) is 13.8. The third-order valence-electron chi connectivity index (χ3n) is 8.58. The average Bonchev–Trinajstić information content (AvgIpc) is 3.67. The van der Waals surface area contributed by atoms with Crippen LogP contribution in [-0.2, 0) is 25.5 Å². The Morgan fingerprint density at radius 3 is 2.13 bits per heavy atom. The number of tetrazole rings is 1. The molecule has 0 unspecified atom stereocenters. The summed E-state index contributed by atoms with van der Waals surface area (Å²) in [6, 6.07) is 17.8. The lowest BCUT2D eigenvalue weighted by Gasteiger charge is -2.32. The number of nitrogens with one attached hydrogen (secondary N) is 2. The molecular formula is C37H47N9O6. The van der Waals surface area contributed by atoms with Gasteiger partial charge in [-0.25, -0.2) is 19.8 Å². The third-order valence-corrected chi connectivity index (χ3v) is 8.58. The van der Waals surface area contributed by atoms with Gasteiger partial charge in [0.15, 0.2) is 5.82 Å². The third kappa shape index (κ3) is 10.9. The fourth-order valence-corrected chi connectivity index (χ4v) is 5.91. The van der Waals surface area contributed by atoms with E-state index in [0.717, 1.165) is 35.3 Å². The highest BCUT2D eigenvalue weighted by Crippen LogP contribution is 2.32. The number of amides is 3. The van der Waals surface area contributed by atoms with E-state index in [-0.39, 0.29) is 30.6 Å². The van der Waals surface area contributed by atoms with Crippen LogP contribution >= 0.6 is 0 Å². The molecule has 0 spiro atoms. The minimum Gasteiger partial charge on any atom is -0.483 e. The van der Waals surface area contributed by atoms with Crippen LogP contribution in [0.4, 0.5) is 16.3 Å². The highest BCUT2D eigenvalue weighted by atomic mass is 16.6. The van der Waals surface area contributed by atoms with E-state index in [1.807, 2.05) is 82.4 Å². The van der Waals surface area contributed by atoms with Crippen molar-refractivity contribution in [3.05, 3.63) is 72.4 Å². The number of benzene rings is 2. The van der Waals surface area contributed by atoms with Crippen molar-refractivity contribution < 1.29 is 29.0 Å². The number of ether oxygens (including phenoxy) is 1. The molecule has 2 aromatic heterocycles. The molecule has 2 aromatic carbocycles. The summed E-state index contributed by atoms with van der Waals surface area (Å²) in [5.74, 6) is 0.439. The van der Waals surface area contributed by atoms with Gasteiger partial charge in [0.25, 0.3) is 12.4 Å². The number of H-pyrrole nitrogens is 1. The molecule has 1 atom stereocenters. The number of alkyl carbamates (subject to hydrolysis) is 1. The van der Waals surface area contributed by atoms with Crippen molar-refractivity contribution in [1.82, 2.24) is 30.9 Å². The van der Waals surface area contributed by atoms with Crippen LogP contribution in [0, 0.1) is 11.8 Å². The number of pyridine rings is 1. The fourth-order valence-electron chi connectivity index (χ4n) is 5.91. The van der Waals surface area contributed by atoms with Crippen molar-refractivity contribution in [3.63, 3.8) is 0 Å². The Labute approximate surface area is 302 Å². The molecule has 0 radical (unpaired) electrons. The molecule has 2 heterocycles. The van der Waals surface area contributed by atoms with Crippen molar-refractivity contribution in [1.29, 1.82) is 0 Å². The van der Waals surface area contributed by atoms with Gasteiger partial charge in [0.2, 0.25) is 5.91 Å². The maximum atomic E-state index is 14.1. The molecule has 52 heavy (non-hydrogen) atoms. The van der Waals surface area contributed by atoms with Gasteiger partial charge in [0.05, 0.1) is 11.7 Å². The lowest BCUT2D eigenvalue weighted by molar-refractivity contribution is -0.130. The van der Waals surface area contributed by atoms with Gasteiger partial charge in [-0.2, -0.15) is 0 Å². The van der Waals surface area contributed by atoms with Crippen molar-refractivity contribution in [2.45, 2.75) is 64.5 Å². The lowest BCUT2D eigenvalue weighted by atomic mass is 9.81. The summed E-state index contributed by atoms with van der Waals surface area (Å²) >= 11 is 0. The minimum absolute atomic E-state index is 0.211. The number of rotatable bonds is 10. The highest BCUT2D eigenvalue weighted by molar-refractivity contribution is 6.17. The quantitative estimate of drug-likeness (QED) is 0.168. The zero-order valence-electron chi connectivity index (χ0n) is 30.2. The number of carboxylic acid groups (broad SMARTS) is 1. The largest absolute Gasteiger partial charge is 0.483 e.